The molecular weight excluding hydrogens is 274 g/mol. The van der Waals surface area contributed by atoms with E-state index >= 15 is 0 Å². The van der Waals surface area contributed by atoms with Crippen LogP contribution in [0.5, 0.6) is 0 Å². The van der Waals surface area contributed by atoms with Crippen molar-refractivity contribution in [2.75, 3.05) is 17.7 Å². The van der Waals surface area contributed by atoms with Gasteiger partial charge in [-0.2, -0.15) is 0 Å². The van der Waals surface area contributed by atoms with Crippen molar-refractivity contribution in [1.29, 1.82) is 0 Å². The summed E-state index contributed by atoms with van der Waals surface area (Å²) in [5.74, 6) is 0.485. The molecule has 0 unspecified atom stereocenters. The molecule has 0 aliphatic carbocycles. The molecule has 4 nitrogen and oxygen atoms in total. The Hall–Kier alpha value is -2.24. The molecule has 0 atom stereocenters. The molecule has 1 aromatic heterocycles. The van der Waals surface area contributed by atoms with Crippen LogP contribution in [0.4, 0.5) is 20.4 Å². The van der Waals surface area contributed by atoms with E-state index in [1.165, 1.54) is 12.4 Å². The Morgan fingerprint density at radius 3 is 2.62 bits per heavy atom. The minimum atomic E-state index is -0.458. The first kappa shape index (κ1) is 15.2. The summed E-state index contributed by atoms with van der Waals surface area (Å²) in [7, 11) is 1.79. The molecule has 0 aliphatic rings. The van der Waals surface area contributed by atoms with Gasteiger partial charge in [0.05, 0.1) is 0 Å². The average molecular weight is 292 g/mol. The Bertz CT molecular complexity index is 617. The van der Waals surface area contributed by atoms with Gasteiger partial charge in [0.1, 0.15) is 29.6 Å². The van der Waals surface area contributed by atoms with E-state index in [1.807, 2.05) is 0 Å². The van der Waals surface area contributed by atoms with Crippen molar-refractivity contribution in [2.45, 2.75) is 26.3 Å². The van der Waals surface area contributed by atoms with Gasteiger partial charge in [-0.05, 0) is 24.6 Å². The summed E-state index contributed by atoms with van der Waals surface area (Å²) in [6, 6.07) is 3.41. The molecule has 21 heavy (non-hydrogen) atoms. The first-order valence-electron chi connectivity index (χ1n) is 6.85. The van der Waals surface area contributed by atoms with Gasteiger partial charge in [0.25, 0.3) is 0 Å². The predicted octanol–water partition coefficient (Wildman–Crippen LogP) is 3.36. The molecule has 0 fully saturated rings. The third-order valence-electron chi connectivity index (χ3n) is 3.14. The Morgan fingerprint density at radius 1 is 1.14 bits per heavy atom. The van der Waals surface area contributed by atoms with Gasteiger partial charge in [0.2, 0.25) is 0 Å². The first-order chi connectivity index (χ1) is 10.2. The van der Waals surface area contributed by atoms with Gasteiger partial charge in [-0.3, -0.25) is 0 Å². The zero-order valence-electron chi connectivity index (χ0n) is 12.1. The summed E-state index contributed by atoms with van der Waals surface area (Å²) >= 11 is 0. The minimum Gasteiger partial charge on any atom is -0.373 e. The number of anilines is 2. The molecule has 0 saturated heterocycles. The molecule has 1 aromatic carbocycles. The lowest BCUT2D eigenvalue weighted by molar-refractivity contribution is 0.587. The molecule has 2 N–H and O–H groups in total. The SMILES string of the molecule is CCCc1c(NC)ncnc1NCc1cc(F)ccc1F. The quantitative estimate of drug-likeness (QED) is 0.857. The van der Waals surface area contributed by atoms with Crippen molar-refractivity contribution in [3.8, 4) is 0 Å². The van der Waals surface area contributed by atoms with E-state index < -0.39 is 11.6 Å². The van der Waals surface area contributed by atoms with Gasteiger partial charge in [-0.1, -0.05) is 13.3 Å². The summed E-state index contributed by atoms with van der Waals surface area (Å²) in [4.78, 5) is 8.36. The number of hydrogen-bond donors (Lipinski definition) is 2. The predicted molar refractivity (Wildman–Crippen MR) is 79.3 cm³/mol. The highest BCUT2D eigenvalue weighted by atomic mass is 19.1. The molecule has 1 heterocycles. The van der Waals surface area contributed by atoms with Gasteiger partial charge in [0, 0.05) is 24.7 Å². The molecule has 0 aliphatic heterocycles. The van der Waals surface area contributed by atoms with Crippen LogP contribution < -0.4 is 10.6 Å². The fourth-order valence-corrected chi connectivity index (χ4v) is 2.12. The third-order valence-corrected chi connectivity index (χ3v) is 3.14. The maximum atomic E-state index is 13.6. The lowest BCUT2D eigenvalue weighted by atomic mass is 10.1. The van der Waals surface area contributed by atoms with Gasteiger partial charge in [-0.25, -0.2) is 18.7 Å². The molecule has 0 bridgehead atoms. The van der Waals surface area contributed by atoms with Crippen LogP contribution in [-0.4, -0.2) is 17.0 Å². The molecular formula is C15H18F2N4. The standard InChI is InChI=1S/C15H18F2N4/c1-3-4-12-14(18-2)20-9-21-15(12)19-8-10-7-11(16)5-6-13(10)17/h5-7,9H,3-4,8H2,1-2H3,(H2,18,19,20,21). The highest BCUT2D eigenvalue weighted by Gasteiger charge is 2.11. The molecule has 112 valence electrons. The maximum Gasteiger partial charge on any atom is 0.134 e. The second-order valence-electron chi connectivity index (χ2n) is 4.64. The van der Waals surface area contributed by atoms with Gasteiger partial charge in [0.15, 0.2) is 0 Å². The minimum absolute atomic E-state index is 0.167. The summed E-state index contributed by atoms with van der Waals surface area (Å²) in [6.07, 6.45) is 3.17. The highest BCUT2D eigenvalue weighted by Crippen LogP contribution is 2.22. The molecule has 0 saturated carbocycles. The number of benzene rings is 1. The molecule has 0 amide bonds. The van der Waals surface area contributed by atoms with Gasteiger partial charge >= 0.3 is 0 Å². The topological polar surface area (TPSA) is 49.8 Å². The second-order valence-corrected chi connectivity index (χ2v) is 4.64. The number of hydrogen-bond acceptors (Lipinski definition) is 4. The zero-order valence-corrected chi connectivity index (χ0v) is 12.1. The molecule has 2 rings (SSSR count). The summed E-state index contributed by atoms with van der Waals surface area (Å²) in [6.45, 7) is 2.23. The van der Waals surface area contributed by atoms with E-state index in [4.69, 9.17) is 0 Å². The van der Waals surface area contributed by atoms with Crippen LogP contribution in [0.1, 0.15) is 24.5 Å². The fourth-order valence-electron chi connectivity index (χ4n) is 2.12. The molecule has 2 aromatic rings. The number of halogens is 2. The summed E-state index contributed by atoms with van der Waals surface area (Å²) in [5, 5.41) is 6.07. The molecule has 0 spiro atoms. The van der Waals surface area contributed by atoms with Crippen molar-refractivity contribution < 1.29 is 8.78 Å². The lowest BCUT2D eigenvalue weighted by Gasteiger charge is -2.14. The first-order valence-corrected chi connectivity index (χ1v) is 6.85. The van der Waals surface area contributed by atoms with Gasteiger partial charge in [-0.15, -0.1) is 0 Å². The zero-order chi connectivity index (χ0) is 15.2. The normalized spacial score (nSPS) is 10.5. The van der Waals surface area contributed by atoms with Crippen LogP contribution in [0.25, 0.3) is 0 Å². The largest absolute Gasteiger partial charge is 0.373 e. The van der Waals surface area contributed by atoms with E-state index in [1.54, 1.807) is 7.05 Å². The van der Waals surface area contributed by atoms with Crippen molar-refractivity contribution in [3.63, 3.8) is 0 Å². The number of aromatic nitrogens is 2. The average Bonchev–Trinajstić information content (AvgIpc) is 2.49. The lowest BCUT2D eigenvalue weighted by Crippen LogP contribution is -2.09. The Morgan fingerprint density at radius 2 is 1.90 bits per heavy atom. The van der Waals surface area contributed by atoms with E-state index in [9.17, 15) is 8.78 Å². The molecule has 6 heteroatoms. The number of nitrogens with zero attached hydrogens (tertiary/aromatic N) is 2. The second kappa shape index (κ2) is 6.97. The summed E-state index contributed by atoms with van der Waals surface area (Å²) in [5.41, 5.74) is 1.21. The Balaban J connectivity index is 2.21. The van der Waals surface area contributed by atoms with E-state index in [2.05, 4.69) is 27.5 Å². The van der Waals surface area contributed by atoms with E-state index in [-0.39, 0.29) is 12.1 Å². The van der Waals surface area contributed by atoms with Crippen LogP contribution in [0, 0.1) is 11.6 Å². The van der Waals surface area contributed by atoms with Crippen LogP contribution >= 0.6 is 0 Å². The van der Waals surface area contributed by atoms with Crippen molar-refractivity contribution in [2.24, 2.45) is 0 Å². The number of nitrogens with one attached hydrogen (secondary N) is 2. The Kier molecular flexibility index (Phi) is 5.03. The summed E-state index contributed by atoms with van der Waals surface area (Å²) < 4.78 is 26.8. The van der Waals surface area contributed by atoms with Crippen LogP contribution in [0.2, 0.25) is 0 Å². The Labute approximate surface area is 122 Å². The highest BCUT2D eigenvalue weighted by molar-refractivity contribution is 5.57. The third kappa shape index (κ3) is 3.65. The fraction of sp³-hybridized carbons (Fsp3) is 0.333. The monoisotopic (exact) mass is 292 g/mol. The number of rotatable bonds is 6. The van der Waals surface area contributed by atoms with E-state index in [0.717, 1.165) is 36.4 Å². The van der Waals surface area contributed by atoms with Crippen molar-refractivity contribution in [3.05, 3.63) is 47.3 Å². The molecule has 0 radical (unpaired) electrons. The van der Waals surface area contributed by atoms with Crippen LogP contribution in [0.15, 0.2) is 24.5 Å². The van der Waals surface area contributed by atoms with Gasteiger partial charge < -0.3 is 10.6 Å². The smallest absolute Gasteiger partial charge is 0.134 e. The van der Waals surface area contributed by atoms with E-state index in [0.29, 0.717) is 5.82 Å². The van der Waals surface area contributed by atoms with Crippen molar-refractivity contribution in [1.82, 2.24) is 9.97 Å². The van der Waals surface area contributed by atoms with Crippen LogP contribution in [-0.2, 0) is 13.0 Å². The van der Waals surface area contributed by atoms with Crippen molar-refractivity contribution >= 4 is 11.6 Å². The van der Waals surface area contributed by atoms with Crippen LogP contribution in [0.3, 0.4) is 0 Å². The maximum absolute atomic E-state index is 13.6.